The largest absolute Gasteiger partial charge is 0.441 e. The first-order valence-electron chi connectivity index (χ1n) is 10.0. The monoisotopic (exact) mass is 491 g/mol. The van der Waals surface area contributed by atoms with Crippen LogP contribution < -0.4 is 10.6 Å². The smallest absolute Gasteiger partial charge is 0.408 e. The van der Waals surface area contributed by atoms with E-state index in [9.17, 15) is 9.18 Å². The second-order valence-corrected chi connectivity index (χ2v) is 9.23. The summed E-state index contributed by atoms with van der Waals surface area (Å²) in [5.74, 6) is 1.73. The van der Waals surface area contributed by atoms with Gasteiger partial charge in [0.1, 0.15) is 16.2 Å². The van der Waals surface area contributed by atoms with Crippen molar-refractivity contribution in [3.63, 3.8) is 0 Å². The summed E-state index contributed by atoms with van der Waals surface area (Å²) in [6.07, 6.45) is 2.32. The van der Waals surface area contributed by atoms with Crippen LogP contribution in [-0.2, 0) is 9.47 Å². The zero-order valence-corrected chi connectivity index (χ0v) is 17.8. The van der Waals surface area contributed by atoms with Gasteiger partial charge >= 0.3 is 6.09 Å². The van der Waals surface area contributed by atoms with Gasteiger partial charge in [-0.15, -0.1) is 0 Å². The molecule has 3 atom stereocenters. The highest BCUT2D eigenvalue weighted by molar-refractivity contribution is 9.10. The first kappa shape index (κ1) is 19.0. The molecule has 1 aliphatic heterocycles. The van der Waals surface area contributed by atoms with E-state index in [2.05, 4.69) is 46.8 Å². The van der Waals surface area contributed by atoms with Gasteiger partial charge in [-0.1, -0.05) is 0 Å². The fraction of sp³-hybridized carbons (Fsp3) is 0.474. The third kappa shape index (κ3) is 3.16. The number of anilines is 2. The molecule has 12 heteroatoms. The summed E-state index contributed by atoms with van der Waals surface area (Å²) < 4.78 is 28.2. The number of aromatic nitrogens is 5. The SMILES string of the molecule is O=C(NC12CC(C1)C2)O[C@H]1CO[C@@H](c2cc(Nc3ncc(Br)n4nccc34)n[nH]2)[C@H]1F. The molecule has 3 aromatic heterocycles. The summed E-state index contributed by atoms with van der Waals surface area (Å²) in [5.41, 5.74) is 1.09. The number of rotatable bonds is 5. The Kier molecular flexibility index (Phi) is 4.22. The number of halogens is 2. The van der Waals surface area contributed by atoms with E-state index in [4.69, 9.17) is 9.47 Å². The maximum atomic E-state index is 15.0. The van der Waals surface area contributed by atoms with Crippen molar-refractivity contribution < 1.29 is 18.7 Å². The molecular weight excluding hydrogens is 473 g/mol. The number of carbonyl (C=O) groups excluding carboxylic acids is 1. The molecule has 31 heavy (non-hydrogen) atoms. The molecule has 10 nitrogen and oxygen atoms in total. The number of carbonyl (C=O) groups is 1. The van der Waals surface area contributed by atoms with Crippen LogP contribution in [-0.4, -0.2) is 55.3 Å². The minimum atomic E-state index is -1.50. The Morgan fingerprint density at radius 3 is 3.03 bits per heavy atom. The van der Waals surface area contributed by atoms with Gasteiger partial charge in [-0.05, 0) is 47.2 Å². The molecule has 1 amide bonds. The molecule has 4 fully saturated rings. The fourth-order valence-electron chi connectivity index (χ4n) is 4.61. The van der Waals surface area contributed by atoms with Crippen molar-refractivity contribution in [3.05, 3.63) is 34.8 Å². The van der Waals surface area contributed by atoms with Crippen LogP contribution in [0.1, 0.15) is 31.1 Å². The normalized spacial score (nSPS) is 31.2. The third-order valence-corrected chi connectivity index (χ3v) is 6.83. The van der Waals surface area contributed by atoms with Crippen LogP contribution in [0.5, 0.6) is 0 Å². The van der Waals surface area contributed by atoms with Crippen LogP contribution in [0.15, 0.2) is 29.1 Å². The number of H-pyrrole nitrogens is 1. The average molecular weight is 492 g/mol. The van der Waals surface area contributed by atoms with Crippen LogP contribution in [0, 0.1) is 5.92 Å². The van der Waals surface area contributed by atoms with E-state index < -0.39 is 24.5 Å². The topological polar surface area (TPSA) is 118 Å². The van der Waals surface area contributed by atoms with Gasteiger partial charge in [0.2, 0.25) is 0 Å². The summed E-state index contributed by atoms with van der Waals surface area (Å²) in [4.78, 5) is 16.5. The Morgan fingerprint density at radius 1 is 1.42 bits per heavy atom. The number of alkyl halides is 1. The average Bonchev–Trinajstić information content (AvgIpc) is 3.41. The number of alkyl carbamates (subject to hydrolysis) is 1. The van der Waals surface area contributed by atoms with Crippen LogP contribution in [0.2, 0.25) is 0 Å². The van der Waals surface area contributed by atoms with Crippen LogP contribution in [0.25, 0.3) is 5.52 Å². The number of nitrogens with one attached hydrogen (secondary N) is 3. The lowest BCUT2D eigenvalue weighted by molar-refractivity contribution is -0.0528. The molecule has 2 bridgehead atoms. The third-order valence-electron chi connectivity index (χ3n) is 6.29. The van der Waals surface area contributed by atoms with Gasteiger partial charge in [0.15, 0.2) is 23.9 Å². The van der Waals surface area contributed by atoms with E-state index in [-0.39, 0.29) is 12.1 Å². The van der Waals surface area contributed by atoms with Gasteiger partial charge < -0.3 is 20.1 Å². The number of nitrogens with zero attached hydrogens (tertiary/aromatic N) is 4. The summed E-state index contributed by atoms with van der Waals surface area (Å²) in [6.45, 7) is -0.0125. The minimum absolute atomic E-state index is 0.0125. The van der Waals surface area contributed by atoms with Gasteiger partial charge in [-0.25, -0.2) is 18.7 Å². The first-order valence-corrected chi connectivity index (χ1v) is 10.8. The van der Waals surface area contributed by atoms with Gasteiger partial charge in [0.25, 0.3) is 0 Å². The van der Waals surface area contributed by atoms with E-state index in [1.807, 2.05) is 6.07 Å². The van der Waals surface area contributed by atoms with Gasteiger partial charge in [0, 0.05) is 11.6 Å². The molecule has 3 aliphatic carbocycles. The minimum Gasteiger partial charge on any atom is -0.441 e. The predicted molar refractivity (Wildman–Crippen MR) is 110 cm³/mol. The number of hydrogen-bond donors (Lipinski definition) is 3. The Labute approximate surface area is 184 Å². The van der Waals surface area contributed by atoms with Gasteiger partial charge in [0.05, 0.1) is 24.7 Å². The first-order chi connectivity index (χ1) is 15.0. The lowest BCUT2D eigenvalue weighted by Crippen LogP contribution is -2.68. The van der Waals surface area contributed by atoms with E-state index in [0.717, 1.165) is 30.7 Å². The quantitative estimate of drug-likeness (QED) is 0.501. The van der Waals surface area contributed by atoms with Crippen molar-refractivity contribution in [3.8, 4) is 0 Å². The Morgan fingerprint density at radius 2 is 2.26 bits per heavy atom. The number of aromatic amines is 1. The molecule has 3 N–H and O–H groups in total. The van der Waals surface area contributed by atoms with E-state index >= 15 is 0 Å². The molecule has 162 valence electrons. The molecule has 4 heterocycles. The zero-order chi connectivity index (χ0) is 21.2. The summed E-state index contributed by atoms with van der Waals surface area (Å²) in [6, 6.07) is 3.46. The predicted octanol–water partition coefficient (Wildman–Crippen LogP) is 3.02. The molecule has 3 aromatic rings. The van der Waals surface area contributed by atoms with Crippen LogP contribution in [0.4, 0.5) is 20.8 Å². The summed E-state index contributed by atoms with van der Waals surface area (Å²) >= 11 is 3.39. The molecule has 7 rings (SSSR count). The lowest BCUT2D eigenvalue weighted by Gasteiger charge is -2.61. The number of fused-ring (bicyclic) bond motifs is 1. The number of amides is 1. The standard InChI is InChI=1S/C19H19BrFN7O3/c20-13-7-22-17(11-1-2-23-28(11)13)24-14-3-10(26-27-14)16-15(21)12(8-30-16)31-18(29)25-19-4-9(5-19)6-19/h1-3,7,9,12,15-16H,4-6,8H2,(H,25,29)(H2,22,24,26,27)/t9?,12-,15-,16-,19?/m0/s1. The molecule has 0 unspecified atom stereocenters. The van der Waals surface area contributed by atoms with Crippen LogP contribution in [0.3, 0.4) is 0 Å². The van der Waals surface area contributed by atoms with Gasteiger partial charge in [-0.3, -0.25) is 5.10 Å². The van der Waals surface area contributed by atoms with Gasteiger partial charge in [-0.2, -0.15) is 10.2 Å². The summed E-state index contributed by atoms with van der Waals surface area (Å²) in [7, 11) is 0. The summed E-state index contributed by atoms with van der Waals surface area (Å²) in [5, 5.41) is 17.2. The molecule has 4 aliphatic rings. The molecule has 0 aromatic carbocycles. The lowest BCUT2D eigenvalue weighted by atomic mass is 9.50. The second kappa shape index (κ2) is 6.89. The van der Waals surface area contributed by atoms with E-state index in [1.165, 1.54) is 0 Å². The highest BCUT2D eigenvalue weighted by Crippen LogP contribution is 2.57. The molecular formula is C19H19BrFN7O3. The number of ether oxygens (including phenoxy) is 2. The number of hydrogen-bond acceptors (Lipinski definition) is 7. The molecule has 3 saturated carbocycles. The Bertz CT molecular complexity index is 1150. The van der Waals surface area contributed by atoms with Crippen LogP contribution >= 0.6 is 15.9 Å². The molecule has 0 radical (unpaired) electrons. The molecule has 0 spiro atoms. The van der Waals surface area contributed by atoms with Crippen molar-refractivity contribution in [1.29, 1.82) is 0 Å². The van der Waals surface area contributed by atoms with E-state index in [0.29, 0.717) is 21.9 Å². The Hall–Kier alpha value is -2.73. The fourth-order valence-corrected chi connectivity index (χ4v) is 4.99. The maximum absolute atomic E-state index is 15.0. The Balaban J connectivity index is 1.11. The molecule has 1 saturated heterocycles. The van der Waals surface area contributed by atoms with Crippen molar-refractivity contribution in [1.82, 2.24) is 30.1 Å². The second-order valence-electron chi connectivity index (χ2n) is 8.42. The highest BCUT2D eigenvalue weighted by atomic mass is 79.9. The van der Waals surface area contributed by atoms with Crippen molar-refractivity contribution in [2.45, 2.75) is 43.2 Å². The maximum Gasteiger partial charge on any atom is 0.408 e. The van der Waals surface area contributed by atoms with Crippen molar-refractivity contribution >= 4 is 39.2 Å². The van der Waals surface area contributed by atoms with E-state index in [1.54, 1.807) is 23.0 Å². The van der Waals surface area contributed by atoms with Crippen molar-refractivity contribution in [2.24, 2.45) is 5.92 Å². The highest BCUT2D eigenvalue weighted by Gasteiger charge is 2.58. The zero-order valence-electron chi connectivity index (χ0n) is 16.2. The van der Waals surface area contributed by atoms with Crippen molar-refractivity contribution in [2.75, 3.05) is 11.9 Å².